The highest BCUT2D eigenvalue weighted by atomic mass is 32.2. The van der Waals surface area contributed by atoms with Gasteiger partial charge in [0.2, 0.25) is 15.9 Å². The number of hydrogen-bond acceptors (Lipinski definition) is 8. The van der Waals surface area contributed by atoms with Crippen LogP contribution in [0.25, 0.3) is 10.9 Å². The van der Waals surface area contributed by atoms with E-state index in [0.717, 1.165) is 5.56 Å². The zero-order chi connectivity index (χ0) is 27.5. The Kier molecular flexibility index (Phi) is 7.63. The van der Waals surface area contributed by atoms with E-state index in [1.54, 1.807) is 30.3 Å². The molecule has 198 valence electrons. The molecule has 1 aliphatic rings. The highest BCUT2D eigenvalue weighted by Gasteiger charge is 2.56. The number of carbonyl (C=O) groups excluding carboxylic acids is 1. The molecule has 0 unspecified atom stereocenters. The molecule has 0 saturated heterocycles. The highest BCUT2D eigenvalue weighted by molar-refractivity contribution is 7.91. The lowest BCUT2D eigenvalue weighted by atomic mass is 10.1. The molecule has 2 aromatic heterocycles. The van der Waals surface area contributed by atoms with Gasteiger partial charge in [-0.25, -0.2) is 18.1 Å². The molecule has 38 heavy (non-hydrogen) atoms. The Hall–Kier alpha value is -4.05. The van der Waals surface area contributed by atoms with Gasteiger partial charge < -0.3 is 19.7 Å². The first kappa shape index (κ1) is 27.0. The van der Waals surface area contributed by atoms with Crippen molar-refractivity contribution in [2.45, 2.75) is 30.2 Å². The van der Waals surface area contributed by atoms with E-state index < -0.39 is 38.9 Å². The van der Waals surface area contributed by atoms with Crippen LogP contribution in [0.3, 0.4) is 0 Å². The fourth-order valence-corrected chi connectivity index (χ4v) is 5.63. The maximum Gasteiger partial charge on any atom is 0.263 e. The number of aryl methyl sites for hydroxylation is 1. The second-order valence-corrected chi connectivity index (χ2v) is 11.2. The molecule has 0 bridgehead atoms. The predicted octanol–water partition coefficient (Wildman–Crippen LogP) is 1.11. The lowest BCUT2D eigenvalue weighted by molar-refractivity contribution is 0.0949. The average Bonchev–Trinajstić information content (AvgIpc) is 3.73. The van der Waals surface area contributed by atoms with Crippen LogP contribution in [0.1, 0.15) is 34.3 Å². The molecule has 11 nitrogen and oxygen atoms in total. The molecule has 4 rings (SSSR count). The van der Waals surface area contributed by atoms with Gasteiger partial charge in [-0.15, -0.1) is 6.58 Å². The number of hydrogen-bond donors (Lipinski definition) is 3. The predicted molar refractivity (Wildman–Crippen MR) is 140 cm³/mol. The number of fused-ring (bicyclic) bond motifs is 1. The molecular weight excluding hydrogens is 510 g/mol. The van der Waals surface area contributed by atoms with E-state index in [2.05, 4.69) is 21.6 Å². The van der Waals surface area contributed by atoms with Gasteiger partial charge in [0.15, 0.2) is 0 Å². The summed E-state index contributed by atoms with van der Waals surface area (Å²) in [6.07, 6.45) is 3.50. The standard InChI is InChI=1S/C26H27N5O6S/c1-3-20(15-32)30-38(35,36)26(9-10-26)16-37-24-22-19(8-11-28-24)12-21(25(34)31(22)2)23(33)29-14-18-6-4-17(13-27)5-7-18/h3-8,11-12,20,30,32H,1,9-10,14-16H2,2H3,(H,29,33)/t20-/m1/s1. The number of sulfonamides is 1. The fourth-order valence-electron chi connectivity index (χ4n) is 3.96. The molecule has 1 aliphatic carbocycles. The summed E-state index contributed by atoms with van der Waals surface area (Å²) in [6.45, 7) is 3.06. The number of aliphatic hydroxyl groups excluding tert-OH is 1. The van der Waals surface area contributed by atoms with Crippen molar-refractivity contribution >= 4 is 26.8 Å². The Balaban J connectivity index is 1.54. The minimum Gasteiger partial charge on any atom is -0.474 e. The summed E-state index contributed by atoms with van der Waals surface area (Å²) in [7, 11) is -2.35. The molecule has 1 saturated carbocycles. The minimum atomic E-state index is -3.84. The number of aromatic nitrogens is 2. The number of nitrogens with one attached hydrogen (secondary N) is 2. The minimum absolute atomic E-state index is 0.0653. The first-order valence-electron chi connectivity index (χ1n) is 11.8. The smallest absolute Gasteiger partial charge is 0.263 e. The Morgan fingerprint density at radius 2 is 2.05 bits per heavy atom. The highest BCUT2D eigenvalue weighted by Crippen LogP contribution is 2.43. The maximum absolute atomic E-state index is 13.1. The monoisotopic (exact) mass is 537 g/mol. The summed E-state index contributed by atoms with van der Waals surface area (Å²) in [5, 5.41) is 21.5. The van der Waals surface area contributed by atoms with E-state index in [1.165, 1.54) is 30.0 Å². The summed E-state index contributed by atoms with van der Waals surface area (Å²) in [6, 6.07) is 11.0. The number of rotatable bonds is 11. The molecule has 0 aliphatic heterocycles. The summed E-state index contributed by atoms with van der Waals surface area (Å²) in [5.41, 5.74) is 0.951. The number of aliphatic hydroxyl groups is 1. The van der Waals surface area contributed by atoms with Crippen molar-refractivity contribution in [3.8, 4) is 11.9 Å². The number of nitriles is 1. The van der Waals surface area contributed by atoms with E-state index >= 15 is 0 Å². The molecule has 3 N–H and O–H groups in total. The Labute approximate surface area is 219 Å². The molecule has 12 heteroatoms. The summed E-state index contributed by atoms with van der Waals surface area (Å²) in [4.78, 5) is 30.1. The van der Waals surface area contributed by atoms with Crippen LogP contribution in [-0.2, 0) is 23.6 Å². The van der Waals surface area contributed by atoms with Crippen LogP contribution in [0.4, 0.5) is 0 Å². The van der Waals surface area contributed by atoms with Crippen LogP contribution >= 0.6 is 0 Å². The Morgan fingerprint density at radius 1 is 1.34 bits per heavy atom. The van der Waals surface area contributed by atoms with Gasteiger partial charge in [-0.1, -0.05) is 18.2 Å². The van der Waals surface area contributed by atoms with Crippen LogP contribution in [0.2, 0.25) is 0 Å². The molecule has 0 spiro atoms. The van der Waals surface area contributed by atoms with Gasteiger partial charge in [0.25, 0.3) is 11.5 Å². The number of pyridine rings is 2. The molecule has 1 fully saturated rings. The van der Waals surface area contributed by atoms with Crippen LogP contribution in [0, 0.1) is 11.3 Å². The number of ether oxygens (including phenoxy) is 1. The second-order valence-electron chi connectivity index (χ2n) is 9.09. The van der Waals surface area contributed by atoms with Gasteiger partial charge in [-0.2, -0.15) is 5.26 Å². The number of carbonyl (C=O) groups is 1. The van der Waals surface area contributed by atoms with Gasteiger partial charge in [0.1, 0.15) is 22.4 Å². The number of nitrogens with zero attached hydrogens (tertiary/aromatic N) is 3. The molecule has 1 amide bonds. The quantitative estimate of drug-likeness (QED) is 0.306. The molecule has 2 heterocycles. The summed E-state index contributed by atoms with van der Waals surface area (Å²) < 4.78 is 34.1. The van der Waals surface area contributed by atoms with E-state index in [-0.39, 0.29) is 24.6 Å². The van der Waals surface area contributed by atoms with Crippen LogP contribution in [0.15, 0.2) is 60.0 Å². The lowest BCUT2D eigenvalue weighted by Gasteiger charge is -2.21. The van der Waals surface area contributed by atoms with Crippen LogP contribution < -0.4 is 20.3 Å². The zero-order valence-corrected chi connectivity index (χ0v) is 21.5. The summed E-state index contributed by atoms with van der Waals surface area (Å²) in [5.74, 6) is -0.499. The Morgan fingerprint density at radius 3 is 2.66 bits per heavy atom. The van der Waals surface area contributed by atoms with E-state index in [0.29, 0.717) is 29.3 Å². The van der Waals surface area contributed by atoms with E-state index in [4.69, 9.17) is 10.00 Å². The normalized spacial score (nSPS) is 14.9. The van der Waals surface area contributed by atoms with Crippen molar-refractivity contribution in [1.29, 1.82) is 5.26 Å². The van der Waals surface area contributed by atoms with Gasteiger partial charge in [-0.05, 0) is 42.7 Å². The van der Waals surface area contributed by atoms with Gasteiger partial charge in [0.05, 0.1) is 24.3 Å². The van der Waals surface area contributed by atoms with Crippen LogP contribution in [-0.4, -0.2) is 53.0 Å². The van der Waals surface area contributed by atoms with Crippen LogP contribution in [0.5, 0.6) is 5.88 Å². The second kappa shape index (κ2) is 10.7. The van der Waals surface area contributed by atoms with Crippen molar-refractivity contribution < 1.29 is 23.1 Å². The molecular formula is C26H27N5O6S. The molecule has 0 radical (unpaired) electrons. The van der Waals surface area contributed by atoms with Gasteiger partial charge in [0, 0.05) is 25.2 Å². The Bertz CT molecular complexity index is 1590. The maximum atomic E-state index is 13.1. The number of benzene rings is 1. The fraction of sp³-hybridized carbons (Fsp3) is 0.308. The lowest BCUT2D eigenvalue weighted by Crippen LogP contribution is -2.45. The summed E-state index contributed by atoms with van der Waals surface area (Å²) >= 11 is 0. The van der Waals surface area contributed by atoms with Crippen molar-refractivity contribution in [2.75, 3.05) is 13.2 Å². The molecule has 1 aromatic carbocycles. The van der Waals surface area contributed by atoms with Crippen molar-refractivity contribution in [2.24, 2.45) is 7.05 Å². The van der Waals surface area contributed by atoms with Crippen molar-refractivity contribution in [1.82, 2.24) is 19.6 Å². The number of amides is 1. The zero-order valence-electron chi connectivity index (χ0n) is 20.7. The van der Waals surface area contributed by atoms with Crippen molar-refractivity contribution in [3.05, 3.63) is 82.3 Å². The third kappa shape index (κ3) is 5.31. The topological polar surface area (TPSA) is 163 Å². The first-order valence-corrected chi connectivity index (χ1v) is 13.3. The molecule has 1 atom stereocenters. The third-order valence-corrected chi connectivity index (χ3v) is 8.79. The van der Waals surface area contributed by atoms with Gasteiger partial charge in [-0.3, -0.25) is 9.59 Å². The first-order chi connectivity index (χ1) is 18.1. The molecule has 3 aromatic rings. The largest absolute Gasteiger partial charge is 0.474 e. The van der Waals surface area contributed by atoms with E-state index in [1.807, 2.05) is 6.07 Å². The SMILES string of the molecule is C=C[C@H](CO)NS(=O)(=O)C1(COc2nccc3cc(C(=O)NCc4ccc(C#N)cc4)c(=O)n(C)c23)CC1. The average molecular weight is 538 g/mol. The van der Waals surface area contributed by atoms with E-state index in [9.17, 15) is 23.1 Å². The third-order valence-electron chi connectivity index (χ3n) is 6.51. The van der Waals surface area contributed by atoms with Crippen molar-refractivity contribution in [3.63, 3.8) is 0 Å². The van der Waals surface area contributed by atoms with Gasteiger partial charge >= 0.3 is 0 Å².